The van der Waals surface area contributed by atoms with Gasteiger partial charge in [-0.1, -0.05) is 30.3 Å². The van der Waals surface area contributed by atoms with E-state index in [0.29, 0.717) is 17.3 Å². The molecule has 0 spiro atoms. The summed E-state index contributed by atoms with van der Waals surface area (Å²) in [5, 5.41) is 15.6. The van der Waals surface area contributed by atoms with Gasteiger partial charge in [0.05, 0.1) is 17.7 Å². The molecule has 0 amide bonds. The van der Waals surface area contributed by atoms with Gasteiger partial charge in [0.15, 0.2) is 11.6 Å². The average Bonchev–Trinajstić information content (AvgIpc) is 3.20. The van der Waals surface area contributed by atoms with Gasteiger partial charge in [-0.05, 0) is 36.4 Å². The minimum atomic E-state index is -0.426. The number of nitrogens with zero attached hydrogens (tertiary/aromatic N) is 4. The Kier molecular flexibility index (Phi) is 4.55. The second-order valence-corrected chi connectivity index (χ2v) is 6.04. The SMILES string of the molecule is COc1ccc(-c2nc(-c3ccccc3)nn2-c2ccc([N+](=O)[O-])cc2)cc1. The van der Waals surface area contributed by atoms with Gasteiger partial charge in [0.1, 0.15) is 5.75 Å². The third-order valence-corrected chi connectivity index (χ3v) is 4.29. The summed E-state index contributed by atoms with van der Waals surface area (Å²) in [6.45, 7) is 0. The highest BCUT2D eigenvalue weighted by Gasteiger charge is 2.16. The number of nitro benzene ring substituents is 1. The molecule has 0 saturated heterocycles. The Balaban J connectivity index is 1.85. The van der Waals surface area contributed by atoms with Crippen LogP contribution in [0.2, 0.25) is 0 Å². The summed E-state index contributed by atoms with van der Waals surface area (Å²) in [6.07, 6.45) is 0. The minimum Gasteiger partial charge on any atom is -0.497 e. The first-order chi connectivity index (χ1) is 13.7. The van der Waals surface area contributed by atoms with E-state index in [1.54, 1.807) is 23.9 Å². The zero-order chi connectivity index (χ0) is 19.5. The summed E-state index contributed by atoms with van der Waals surface area (Å²) in [7, 11) is 1.61. The van der Waals surface area contributed by atoms with Crippen LogP contribution < -0.4 is 4.74 Å². The van der Waals surface area contributed by atoms with Gasteiger partial charge in [-0.15, -0.1) is 5.10 Å². The molecule has 0 bridgehead atoms. The van der Waals surface area contributed by atoms with E-state index in [1.165, 1.54) is 12.1 Å². The molecule has 0 N–H and O–H groups in total. The molecular formula is C21H16N4O3. The van der Waals surface area contributed by atoms with E-state index in [9.17, 15) is 10.1 Å². The summed E-state index contributed by atoms with van der Waals surface area (Å²) in [6, 6.07) is 23.4. The molecule has 3 aromatic carbocycles. The van der Waals surface area contributed by atoms with Crippen LogP contribution in [0, 0.1) is 10.1 Å². The lowest BCUT2D eigenvalue weighted by Crippen LogP contribution is -2.00. The normalized spacial score (nSPS) is 10.6. The molecule has 7 nitrogen and oxygen atoms in total. The van der Waals surface area contributed by atoms with E-state index in [-0.39, 0.29) is 5.69 Å². The molecular weight excluding hydrogens is 356 g/mol. The van der Waals surface area contributed by atoms with E-state index in [4.69, 9.17) is 9.72 Å². The van der Waals surface area contributed by atoms with Gasteiger partial charge in [0.2, 0.25) is 0 Å². The first-order valence-corrected chi connectivity index (χ1v) is 8.57. The van der Waals surface area contributed by atoms with Gasteiger partial charge < -0.3 is 4.74 Å². The van der Waals surface area contributed by atoms with Crippen LogP contribution in [0.25, 0.3) is 28.5 Å². The Bertz CT molecular complexity index is 1100. The number of hydrogen-bond donors (Lipinski definition) is 0. The zero-order valence-electron chi connectivity index (χ0n) is 15.0. The first kappa shape index (κ1) is 17.4. The molecule has 0 aliphatic carbocycles. The Labute approximate surface area is 161 Å². The topological polar surface area (TPSA) is 83.1 Å². The Morgan fingerprint density at radius 1 is 0.893 bits per heavy atom. The van der Waals surface area contributed by atoms with Crippen LogP contribution in [0.5, 0.6) is 5.75 Å². The van der Waals surface area contributed by atoms with Crippen molar-refractivity contribution in [1.29, 1.82) is 0 Å². The van der Waals surface area contributed by atoms with Crippen LogP contribution in [0.3, 0.4) is 0 Å². The lowest BCUT2D eigenvalue weighted by Gasteiger charge is -2.06. The lowest BCUT2D eigenvalue weighted by molar-refractivity contribution is -0.384. The number of methoxy groups -OCH3 is 1. The molecule has 1 heterocycles. The van der Waals surface area contributed by atoms with Crippen molar-refractivity contribution in [3.63, 3.8) is 0 Å². The molecule has 1 aromatic heterocycles. The van der Waals surface area contributed by atoms with E-state index in [2.05, 4.69) is 5.10 Å². The second-order valence-electron chi connectivity index (χ2n) is 6.04. The van der Waals surface area contributed by atoms with Crippen molar-refractivity contribution in [2.45, 2.75) is 0 Å². The predicted molar refractivity (Wildman–Crippen MR) is 105 cm³/mol. The highest BCUT2D eigenvalue weighted by molar-refractivity contribution is 5.64. The number of ether oxygens (including phenoxy) is 1. The van der Waals surface area contributed by atoms with Crippen molar-refractivity contribution in [2.75, 3.05) is 7.11 Å². The van der Waals surface area contributed by atoms with Crippen molar-refractivity contribution in [1.82, 2.24) is 14.8 Å². The molecule has 7 heteroatoms. The summed E-state index contributed by atoms with van der Waals surface area (Å²) >= 11 is 0. The highest BCUT2D eigenvalue weighted by Crippen LogP contribution is 2.27. The number of rotatable bonds is 5. The van der Waals surface area contributed by atoms with Crippen LogP contribution >= 0.6 is 0 Å². The maximum absolute atomic E-state index is 10.9. The summed E-state index contributed by atoms with van der Waals surface area (Å²) in [4.78, 5) is 15.2. The summed E-state index contributed by atoms with van der Waals surface area (Å²) in [5.74, 6) is 1.95. The molecule has 0 fully saturated rings. The van der Waals surface area contributed by atoms with E-state index < -0.39 is 4.92 Å². The van der Waals surface area contributed by atoms with Gasteiger partial charge in [0, 0.05) is 23.3 Å². The lowest BCUT2D eigenvalue weighted by atomic mass is 10.2. The molecule has 0 radical (unpaired) electrons. The van der Waals surface area contributed by atoms with E-state index in [0.717, 1.165) is 16.9 Å². The molecule has 4 rings (SSSR count). The second kappa shape index (κ2) is 7.32. The van der Waals surface area contributed by atoms with Crippen LogP contribution in [0.1, 0.15) is 0 Å². The summed E-state index contributed by atoms with van der Waals surface area (Å²) < 4.78 is 6.91. The number of non-ortho nitro benzene ring substituents is 1. The van der Waals surface area contributed by atoms with Crippen LogP contribution in [0.15, 0.2) is 78.9 Å². The first-order valence-electron chi connectivity index (χ1n) is 8.57. The minimum absolute atomic E-state index is 0.0261. The predicted octanol–water partition coefficient (Wildman–Crippen LogP) is 4.52. The molecule has 0 aliphatic heterocycles. The quantitative estimate of drug-likeness (QED) is 0.380. The van der Waals surface area contributed by atoms with E-state index in [1.807, 2.05) is 54.6 Å². The largest absolute Gasteiger partial charge is 0.497 e. The fraction of sp³-hybridized carbons (Fsp3) is 0.0476. The molecule has 0 aliphatic rings. The molecule has 28 heavy (non-hydrogen) atoms. The van der Waals surface area contributed by atoms with Gasteiger partial charge in [-0.2, -0.15) is 0 Å². The maximum Gasteiger partial charge on any atom is 0.269 e. The molecule has 0 unspecified atom stereocenters. The molecule has 0 saturated carbocycles. The van der Waals surface area contributed by atoms with Crippen molar-refractivity contribution < 1.29 is 9.66 Å². The van der Waals surface area contributed by atoms with Crippen LogP contribution in [-0.4, -0.2) is 26.8 Å². The third kappa shape index (κ3) is 3.33. The Hall–Kier alpha value is -4.00. The number of aromatic nitrogens is 3. The number of hydrogen-bond acceptors (Lipinski definition) is 5. The van der Waals surface area contributed by atoms with Crippen LogP contribution in [0.4, 0.5) is 5.69 Å². The fourth-order valence-electron chi connectivity index (χ4n) is 2.84. The molecule has 0 atom stereocenters. The van der Waals surface area contributed by atoms with Crippen molar-refractivity contribution >= 4 is 5.69 Å². The molecule has 138 valence electrons. The van der Waals surface area contributed by atoms with Crippen molar-refractivity contribution in [3.8, 4) is 34.2 Å². The smallest absolute Gasteiger partial charge is 0.269 e. The number of nitro groups is 1. The van der Waals surface area contributed by atoms with Gasteiger partial charge in [-0.25, -0.2) is 9.67 Å². The van der Waals surface area contributed by atoms with Crippen molar-refractivity contribution in [2.24, 2.45) is 0 Å². The Morgan fingerprint density at radius 3 is 2.18 bits per heavy atom. The third-order valence-electron chi connectivity index (χ3n) is 4.29. The van der Waals surface area contributed by atoms with Gasteiger partial charge in [0.25, 0.3) is 5.69 Å². The highest BCUT2D eigenvalue weighted by atomic mass is 16.6. The molecule has 4 aromatic rings. The fourth-order valence-corrected chi connectivity index (χ4v) is 2.84. The zero-order valence-corrected chi connectivity index (χ0v) is 15.0. The Morgan fingerprint density at radius 2 is 1.57 bits per heavy atom. The van der Waals surface area contributed by atoms with Crippen LogP contribution in [-0.2, 0) is 0 Å². The maximum atomic E-state index is 10.9. The van der Waals surface area contributed by atoms with Crippen molar-refractivity contribution in [3.05, 3.63) is 89.0 Å². The van der Waals surface area contributed by atoms with Gasteiger partial charge in [-0.3, -0.25) is 10.1 Å². The number of benzene rings is 3. The standard InChI is InChI=1S/C21H16N4O3/c1-28-19-13-7-16(8-14-19)21-22-20(15-5-3-2-4-6-15)23-24(21)17-9-11-18(12-10-17)25(26)27/h2-14H,1H3. The summed E-state index contributed by atoms with van der Waals surface area (Å²) in [5.41, 5.74) is 2.45. The average molecular weight is 372 g/mol. The monoisotopic (exact) mass is 372 g/mol. The van der Waals surface area contributed by atoms with Gasteiger partial charge >= 0.3 is 0 Å². The van der Waals surface area contributed by atoms with E-state index >= 15 is 0 Å².